The highest BCUT2D eigenvalue weighted by Crippen LogP contribution is 2.28. The number of halogens is 1. The molecule has 0 spiro atoms. The van der Waals surface area contributed by atoms with Crippen LogP contribution in [0.25, 0.3) is 0 Å². The Balaban J connectivity index is 2.20. The number of Topliss-reactive ketones (excluding diaryl/α,β-unsaturated/α-hetero) is 2. The monoisotopic (exact) mass is 361 g/mol. The van der Waals surface area contributed by atoms with Crippen LogP contribution in [0.1, 0.15) is 26.5 Å². The molecule has 0 aliphatic heterocycles. The number of ketones is 2. The Labute approximate surface area is 142 Å². The molecule has 7 nitrogen and oxygen atoms in total. The first kappa shape index (κ1) is 16.9. The number of rotatable bonds is 3. The summed E-state index contributed by atoms with van der Waals surface area (Å²) in [6.07, 6.45) is 3.22. The summed E-state index contributed by atoms with van der Waals surface area (Å²) in [5.74, 6) is -2.27. The van der Waals surface area contributed by atoms with Crippen molar-refractivity contribution in [2.75, 3.05) is 11.6 Å². The molecule has 25 heavy (non-hydrogen) atoms. The van der Waals surface area contributed by atoms with Crippen LogP contribution >= 0.6 is 0 Å². The lowest BCUT2D eigenvalue weighted by Crippen LogP contribution is -2.31. The number of nitrogens with zero attached hydrogens (tertiary/aromatic N) is 2. The molecule has 2 aromatic rings. The zero-order chi connectivity index (χ0) is 18.4. The van der Waals surface area contributed by atoms with Crippen LogP contribution in [-0.4, -0.2) is 36.2 Å². The standard InChI is InChI=1S/C16H12FN3O4S/c1-8-3-4-9(7-10(8)17)20-13-14(21)11-12(19-6-5-18-11)15(22)16(13)25(2,23)24/h3-7,20H,1-2H3. The van der Waals surface area contributed by atoms with E-state index in [-0.39, 0.29) is 17.1 Å². The summed E-state index contributed by atoms with van der Waals surface area (Å²) < 4.78 is 37.9. The first-order chi connectivity index (χ1) is 11.7. The average molecular weight is 361 g/mol. The van der Waals surface area contributed by atoms with Crippen LogP contribution in [0.3, 0.4) is 0 Å². The minimum Gasteiger partial charge on any atom is -0.351 e. The molecule has 0 atom stereocenters. The Morgan fingerprint density at radius 1 is 1.04 bits per heavy atom. The van der Waals surface area contributed by atoms with Gasteiger partial charge in [0.2, 0.25) is 11.6 Å². The Morgan fingerprint density at radius 3 is 2.20 bits per heavy atom. The van der Waals surface area contributed by atoms with Gasteiger partial charge in [-0.15, -0.1) is 0 Å². The van der Waals surface area contributed by atoms with Gasteiger partial charge in [-0.2, -0.15) is 0 Å². The predicted molar refractivity (Wildman–Crippen MR) is 87.3 cm³/mol. The van der Waals surface area contributed by atoms with Crippen LogP contribution in [0.2, 0.25) is 0 Å². The molecule has 1 N–H and O–H groups in total. The highest BCUT2D eigenvalue weighted by atomic mass is 32.2. The SMILES string of the molecule is Cc1ccc(NC2=C(S(C)(=O)=O)C(=O)c3nccnc3C2=O)cc1F. The molecule has 0 amide bonds. The number of hydrogen-bond donors (Lipinski definition) is 1. The number of carbonyl (C=O) groups is 2. The van der Waals surface area contributed by atoms with E-state index in [1.165, 1.54) is 24.5 Å². The quantitative estimate of drug-likeness (QED) is 0.886. The van der Waals surface area contributed by atoms with Gasteiger partial charge in [0.15, 0.2) is 9.84 Å². The van der Waals surface area contributed by atoms with Crippen molar-refractivity contribution in [1.29, 1.82) is 0 Å². The van der Waals surface area contributed by atoms with E-state index in [1.807, 2.05) is 0 Å². The van der Waals surface area contributed by atoms with Gasteiger partial charge in [-0.1, -0.05) is 6.07 Å². The van der Waals surface area contributed by atoms with E-state index in [2.05, 4.69) is 15.3 Å². The van der Waals surface area contributed by atoms with Crippen molar-refractivity contribution in [1.82, 2.24) is 9.97 Å². The Hall–Kier alpha value is -2.94. The van der Waals surface area contributed by atoms with Gasteiger partial charge < -0.3 is 5.32 Å². The molecular formula is C16H12FN3O4S. The van der Waals surface area contributed by atoms with E-state index < -0.39 is 37.8 Å². The summed E-state index contributed by atoms with van der Waals surface area (Å²) in [5.41, 5.74) is -0.537. The second-order valence-electron chi connectivity index (χ2n) is 5.48. The van der Waals surface area contributed by atoms with Gasteiger partial charge in [0, 0.05) is 24.3 Å². The number of anilines is 1. The van der Waals surface area contributed by atoms with Crippen LogP contribution < -0.4 is 5.32 Å². The van der Waals surface area contributed by atoms with Crippen LogP contribution in [0.5, 0.6) is 0 Å². The van der Waals surface area contributed by atoms with Crippen molar-refractivity contribution in [2.24, 2.45) is 0 Å². The molecule has 1 aliphatic rings. The predicted octanol–water partition coefficient (Wildman–Crippen LogP) is 1.67. The minimum atomic E-state index is -4.05. The molecule has 1 heterocycles. The van der Waals surface area contributed by atoms with Crippen LogP contribution in [0.4, 0.5) is 10.1 Å². The van der Waals surface area contributed by atoms with Crippen molar-refractivity contribution < 1.29 is 22.4 Å². The fourth-order valence-electron chi connectivity index (χ4n) is 2.40. The number of nitrogens with one attached hydrogen (secondary N) is 1. The smallest absolute Gasteiger partial charge is 0.231 e. The van der Waals surface area contributed by atoms with Crippen molar-refractivity contribution in [2.45, 2.75) is 6.92 Å². The third-order valence-electron chi connectivity index (χ3n) is 3.60. The molecular weight excluding hydrogens is 349 g/mol. The fourth-order valence-corrected chi connectivity index (χ4v) is 3.34. The fraction of sp³-hybridized carbons (Fsp3) is 0.125. The molecule has 1 aromatic carbocycles. The molecule has 0 bridgehead atoms. The maximum Gasteiger partial charge on any atom is 0.231 e. The molecule has 9 heteroatoms. The second kappa shape index (κ2) is 5.85. The normalized spacial score (nSPS) is 14.5. The van der Waals surface area contributed by atoms with E-state index in [9.17, 15) is 22.4 Å². The van der Waals surface area contributed by atoms with Crippen molar-refractivity contribution in [3.8, 4) is 0 Å². The van der Waals surface area contributed by atoms with Gasteiger partial charge in [-0.05, 0) is 24.6 Å². The molecule has 0 saturated carbocycles. The maximum absolute atomic E-state index is 13.7. The van der Waals surface area contributed by atoms with Gasteiger partial charge >= 0.3 is 0 Å². The lowest BCUT2D eigenvalue weighted by Gasteiger charge is -2.19. The Bertz CT molecular complexity index is 1060. The molecule has 0 saturated heterocycles. The van der Waals surface area contributed by atoms with E-state index >= 15 is 0 Å². The summed E-state index contributed by atoms with van der Waals surface area (Å²) in [7, 11) is -4.05. The number of aromatic nitrogens is 2. The van der Waals surface area contributed by atoms with Crippen molar-refractivity contribution in [3.63, 3.8) is 0 Å². The molecule has 3 rings (SSSR count). The lowest BCUT2D eigenvalue weighted by atomic mass is 10.0. The molecule has 1 aliphatic carbocycles. The average Bonchev–Trinajstić information content (AvgIpc) is 2.54. The van der Waals surface area contributed by atoms with Gasteiger partial charge in [0.05, 0.1) is 0 Å². The zero-order valence-electron chi connectivity index (χ0n) is 13.2. The Morgan fingerprint density at radius 2 is 1.64 bits per heavy atom. The molecule has 1 aromatic heterocycles. The molecule has 128 valence electrons. The largest absolute Gasteiger partial charge is 0.351 e. The highest BCUT2D eigenvalue weighted by molar-refractivity contribution is 7.95. The lowest BCUT2D eigenvalue weighted by molar-refractivity contribution is 0.0974. The van der Waals surface area contributed by atoms with Gasteiger partial charge in [0.25, 0.3) is 0 Å². The van der Waals surface area contributed by atoms with E-state index in [1.54, 1.807) is 6.92 Å². The second-order valence-corrected chi connectivity index (χ2v) is 7.43. The van der Waals surface area contributed by atoms with E-state index in [0.717, 1.165) is 12.3 Å². The Kier molecular flexibility index (Phi) is 3.96. The van der Waals surface area contributed by atoms with Crippen molar-refractivity contribution >= 4 is 27.1 Å². The molecule has 0 fully saturated rings. The van der Waals surface area contributed by atoms with Crippen LogP contribution in [0, 0.1) is 12.7 Å². The van der Waals surface area contributed by atoms with Gasteiger partial charge in [0.1, 0.15) is 27.8 Å². The number of fused-ring (bicyclic) bond motifs is 1. The van der Waals surface area contributed by atoms with Crippen molar-refractivity contribution in [3.05, 3.63) is 64.0 Å². The number of aryl methyl sites for hydroxylation is 1. The van der Waals surface area contributed by atoms with E-state index in [4.69, 9.17) is 0 Å². The number of hydrogen-bond acceptors (Lipinski definition) is 7. The first-order valence-electron chi connectivity index (χ1n) is 7.08. The van der Waals surface area contributed by atoms with Crippen LogP contribution in [0.15, 0.2) is 41.2 Å². The maximum atomic E-state index is 13.7. The first-order valence-corrected chi connectivity index (χ1v) is 8.97. The van der Waals surface area contributed by atoms with Gasteiger partial charge in [-0.25, -0.2) is 22.8 Å². The zero-order valence-corrected chi connectivity index (χ0v) is 14.0. The summed E-state index contributed by atoms with van der Waals surface area (Å²) in [6.45, 7) is 1.56. The van der Waals surface area contributed by atoms with Crippen LogP contribution in [-0.2, 0) is 9.84 Å². The minimum absolute atomic E-state index is 0.132. The summed E-state index contributed by atoms with van der Waals surface area (Å²) in [5, 5.41) is 2.55. The van der Waals surface area contributed by atoms with E-state index in [0.29, 0.717) is 5.56 Å². The summed E-state index contributed by atoms with van der Waals surface area (Å²) in [4.78, 5) is 32.0. The summed E-state index contributed by atoms with van der Waals surface area (Å²) in [6, 6.07) is 4.03. The molecule has 0 radical (unpaired) electrons. The topological polar surface area (TPSA) is 106 Å². The number of carbonyl (C=O) groups excluding carboxylic acids is 2. The molecule has 0 unspecified atom stereocenters. The third-order valence-corrected chi connectivity index (χ3v) is 4.73. The third kappa shape index (κ3) is 2.93. The van der Waals surface area contributed by atoms with Gasteiger partial charge in [-0.3, -0.25) is 9.59 Å². The number of allylic oxidation sites excluding steroid dienone is 2. The number of sulfone groups is 1. The number of benzene rings is 1. The highest BCUT2D eigenvalue weighted by Gasteiger charge is 2.39. The summed E-state index contributed by atoms with van der Waals surface area (Å²) >= 11 is 0.